The van der Waals surface area contributed by atoms with Gasteiger partial charge in [-0.05, 0) is 66.4 Å². The standard InChI is InChI=1S/C22H30O.C4H10.C2H6.CH3.Y/c1-4-5-15-13-16-12-14(2)6-7-17(16)21-11-10-20(3)18(23)8-9-22(20,21)19(15)21;1-3-4-2;1-2;;/h7,12,14-15,19H,4-6,8-11,13H2,1-3H3;3-4H2,1-2H3;1-2H3;1H3;/q;;;-1;. The van der Waals surface area contributed by atoms with Crippen LogP contribution in [0.1, 0.15) is 113 Å². The average Bonchev–Trinajstić information content (AvgIpc) is 3.15. The van der Waals surface area contributed by atoms with Crippen molar-refractivity contribution in [1.29, 1.82) is 0 Å². The Hall–Kier alpha value is 0.254. The van der Waals surface area contributed by atoms with E-state index in [0.29, 0.717) is 22.5 Å². The Kier molecular flexibility index (Phi) is 10.5. The number of fused-ring (bicyclic) bond motifs is 1. The van der Waals surface area contributed by atoms with Crippen LogP contribution in [0.4, 0.5) is 0 Å². The van der Waals surface area contributed by atoms with E-state index >= 15 is 0 Å². The number of carbonyl (C=O) groups is 1. The summed E-state index contributed by atoms with van der Waals surface area (Å²) < 4.78 is 0. The Labute approximate surface area is 219 Å². The van der Waals surface area contributed by atoms with Crippen molar-refractivity contribution in [1.82, 2.24) is 0 Å². The summed E-state index contributed by atoms with van der Waals surface area (Å²) in [6.07, 6.45) is 17.5. The molecule has 4 saturated carbocycles. The Balaban J connectivity index is 0.000000546. The predicted octanol–water partition coefficient (Wildman–Crippen LogP) is 8.74. The Morgan fingerprint density at radius 3 is 2.26 bits per heavy atom. The van der Waals surface area contributed by atoms with Crippen LogP contribution in [-0.2, 0) is 37.5 Å². The van der Waals surface area contributed by atoms with Crippen LogP contribution in [0.25, 0.3) is 0 Å². The Morgan fingerprint density at radius 2 is 1.68 bits per heavy atom. The second-order valence-corrected chi connectivity index (χ2v) is 10.5. The van der Waals surface area contributed by atoms with Crippen LogP contribution in [0.5, 0.6) is 0 Å². The zero-order valence-corrected chi connectivity index (χ0v) is 24.8. The molecule has 0 bridgehead atoms. The summed E-state index contributed by atoms with van der Waals surface area (Å²) in [7, 11) is 0. The molecule has 5 aliphatic rings. The molecule has 0 aromatic carbocycles. The Bertz CT molecular complexity index is 689. The zero-order valence-electron chi connectivity index (χ0n) is 21.9. The molecule has 6 unspecified atom stereocenters. The van der Waals surface area contributed by atoms with Gasteiger partial charge in [0.1, 0.15) is 5.78 Å². The monoisotopic (exact) mass is 502 g/mol. The second kappa shape index (κ2) is 11.1. The third-order valence-corrected chi connectivity index (χ3v) is 9.26. The molecule has 2 heteroatoms. The first kappa shape index (κ1) is 29.3. The fourth-order valence-electron chi connectivity index (χ4n) is 8.12. The van der Waals surface area contributed by atoms with E-state index in [1.54, 1.807) is 11.1 Å². The molecule has 1 nitrogen and oxygen atoms in total. The van der Waals surface area contributed by atoms with Gasteiger partial charge in [-0.2, -0.15) is 0 Å². The molecule has 0 amide bonds. The minimum absolute atomic E-state index is 0. The number of carbonyl (C=O) groups excluding carboxylic acids is 1. The minimum Gasteiger partial charge on any atom is -0.358 e. The normalized spacial score (nSPS) is 40.5. The number of Topliss-reactive ketones (excluding diaryl/α,β-unsaturated/α-hetero) is 1. The van der Waals surface area contributed by atoms with Gasteiger partial charge >= 0.3 is 0 Å². The molecule has 31 heavy (non-hydrogen) atoms. The number of ketones is 1. The van der Waals surface area contributed by atoms with Crippen LogP contribution in [0.3, 0.4) is 0 Å². The zero-order chi connectivity index (χ0) is 21.4. The van der Waals surface area contributed by atoms with E-state index in [-0.39, 0.29) is 45.6 Å². The largest absolute Gasteiger partial charge is 0.358 e. The molecule has 0 saturated heterocycles. The van der Waals surface area contributed by atoms with Crippen LogP contribution < -0.4 is 0 Å². The number of allylic oxidation sites excluding steroid dienone is 4. The molecule has 175 valence electrons. The van der Waals surface area contributed by atoms with Crippen LogP contribution >= 0.6 is 0 Å². The number of unbranched alkanes of at least 4 members (excludes halogenated alkanes) is 1. The third kappa shape index (κ3) is 3.94. The van der Waals surface area contributed by atoms with Gasteiger partial charge < -0.3 is 7.43 Å². The molecule has 0 aliphatic heterocycles. The third-order valence-electron chi connectivity index (χ3n) is 9.26. The first-order chi connectivity index (χ1) is 13.9. The van der Waals surface area contributed by atoms with E-state index in [0.717, 1.165) is 24.7 Å². The van der Waals surface area contributed by atoms with Crippen molar-refractivity contribution in [2.75, 3.05) is 0 Å². The van der Waals surface area contributed by atoms with Crippen molar-refractivity contribution in [3.8, 4) is 0 Å². The van der Waals surface area contributed by atoms with Crippen molar-refractivity contribution in [3.63, 3.8) is 0 Å². The van der Waals surface area contributed by atoms with E-state index in [1.165, 1.54) is 51.4 Å². The first-order valence-electron chi connectivity index (χ1n) is 12.9. The van der Waals surface area contributed by atoms with Gasteiger partial charge in [-0.15, -0.1) is 0 Å². The summed E-state index contributed by atoms with van der Waals surface area (Å²) >= 11 is 0. The van der Waals surface area contributed by atoms with Gasteiger partial charge in [-0.3, -0.25) is 4.79 Å². The first-order valence-corrected chi connectivity index (χ1v) is 12.9. The maximum atomic E-state index is 12.8. The van der Waals surface area contributed by atoms with E-state index in [2.05, 4.69) is 46.8 Å². The predicted molar refractivity (Wildman–Crippen MR) is 131 cm³/mol. The van der Waals surface area contributed by atoms with Crippen molar-refractivity contribution in [3.05, 3.63) is 30.7 Å². The fraction of sp³-hybridized carbons (Fsp3) is 0.793. The van der Waals surface area contributed by atoms with Gasteiger partial charge in [0.2, 0.25) is 0 Å². The maximum Gasteiger partial charge on any atom is 0.139 e. The second-order valence-electron chi connectivity index (χ2n) is 10.5. The smallest absolute Gasteiger partial charge is 0.139 e. The fourth-order valence-corrected chi connectivity index (χ4v) is 8.12. The van der Waals surface area contributed by atoms with Gasteiger partial charge in [0, 0.05) is 50.0 Å². The van der Waals surface area contributed by atoms with Crippen LogP contribution in [0, 0.1) is 41.4 Å². The van der Waals surface area contributed by atoms with Gasteiger partial charge in [-0.25, -0.2) is 0 Å². The maximum absolute atomic E-state index is 12.8. The van der Waals surface area contributed by atoms with E-state index < -0.39 is 0 Å². The molecular formula is C29H49OY-. The molecule has 0 aromatic rings. The molecule has 0 aromatic heterocycles. The SMILES string of the molecule is CC.CCCC.CCCC1CC2=CC(C)CC=C2C23CCC4(C)C(=O)CCC42C13.[CH3-].[Y]. The molecule has 0 heterocycles. The van der Waals surface area contributed by atoms with Crippen molar-refractivity contribution in [2.24, 2.45) is 34.0 Å². The molecule has 0 N–H and O–H groups in total. The van der Waals surface area contributed by atoms with E-state index in [1.807, 2.05) is 13.8 Å². The van der Waals surface area contributed by atoms with E-state index in [9.17, 15) is 4.79 Å². The molecule has 2 spiro atoms. The Morgan fingerprint density at radius 1 is 1.03 bits per heavy atom. The van der Waals surface area contributed by atoms with Crippen molar-refractivity contribution < 1.29 is 37.5 Å². The van der Waals surface area contributed by atoms with Crippen LogP contribution in [0.2, 0.25) is 0 Å². The minimum atomic E-state index is 0. The number of hydrogen-bond donors (Lipinski definition) is 0. The molecule has 5 rings (SSSR count). The van der Waals surface area contributed by atoms with Gasteiger partial charge in [0.25, 0.3) is 0 Å². The summed E-state index contributed by atoms with van der Waals surface area (Å²) in [5.41, 5.74) is 4.14. The van der Waals surface area contributed by atoms with E-state index in [4.69, 9.17) is 0 Å². The molecular weight excluding hydrogens is 453 g/mol. The molecule has 6 atom stereocenters. The van der Waals surface area contributed by atoms with Gasteiger partial charge in [-0.1, -0.05) is 86.3 Å². The topological polar surface area (TPSA) is 17.1 Å². The van der Waals surface area contributed by atoms with Crippen LogP contribution in [-0.4, -0.2) is 5.78 Å². The quantitative estimate of drug-likeness (QED) is 0.353. The molecule has 4 fully saturated rings. The van der Waals surface area contributed by atoms with Crippen molar-refractivity contribution >= 4 is 5.78 Å². The molecule has 1 radical (unpaired) electrons. The number of rotatable bonds is 3. The summed E-state index contributed by atoms with van der Waals surface area (Å²) in [5.74, 6) is 2.95. The summed E-state index contributed by atoms with van der Waals surface area (Å²) in [4.78, 5) is 12.8. The average molecular weight is 503 g/mol. The number of hydrogen-bond acceptors (Lipinski definition) is 1. The van der Waals surface area contributed by atoms with Crippen molar-refractivity contribution in [2.45, 2.75) is 113 Å². The van der Waals surface area contributed by atoms with Gasteiger partial charge in [0.15, 0.2) is 0 Å². The molecule has 5 aliphatic carbocycles. The van der Waals surface area contributed by atoms with Gasteiger partial charge in [0.05, 0.1) is 0 Å². The van der Waals surface area contributed by atoms with Crippen LogP contribution in [0.15, 0.2) is 23.3 Å². The summed E-state index contributed by atoms with van der Waals surface area (Å²) in [6.45, 7) is 15.4. The summed E-state index contributed by atoms with van der Waals surface area (Å²) in [6, 6.07) is 0. The summed E-state index contributed by atoms with van der Waals surface area (Å²) in [5, 5.41) is 0.